The normalized spacial score (nSPS) is 16.7. The molecule has 2 aromatic rings. The van der Waals surface area contributed by atoms with Crippen LogP contribution >= 0.6 is 11.8 Å². The summed E-state index contributed by atoms with van der Waals surface area (Å²) in [4.78, 5) is 43.2. The number of amides is 2. The fourth-order valence-corrected chi connectivity index (χ4v) is 4.85. The SMILES string of the molecule is CCCCCCCCN1C(=O)C(CC(=O)Nc2ccc(C(=O)O)cc2)SC1=Nc1ccccc1. The molecule has 0 saturated carbocycles. The van der Waals surface area contributed by atoms with Crippen molar-refractivity contribution in [3.05, 3.63) is 60.2 Å². The van der Waals surface area contributed by atoms with Crippen LogP contribution in [-0.4, -0.2) is 44.8 Å². The van der Waals surface area contributed by atoms with E-state index in [1.54, 1.807) is 4.90 Å². The fraction of sp³-hybridized carbons (Fsp3) is 0.385. The molecule has 0 aliphatic carbocycles. The number of para-hydroxylation sites is 1. The summed E-state index contributed by atoms with van der Waals surface area (Å²) in [6.07, 6.45) is 6.77. The van der Waals surface area contributed by atoms with E-state index in [1.807, 2.05) is 30.3 Å². The van der Waals surface area contributed by atoms with Gasteiger partial charge in [-0.15, -0.1) is 0 Å². The monoisotopic (exact) mass is 481 g/mol. The van der Waals surface area contributed by atoms with Gasteiger partial charge in [-0.1, -0.05) is 69.0 Å². The van der Waals surface area contributed by atoms with Gasteiger partial charge in [0.05, 0.1) is 11.3 Å². The van der Waals surface area contributed by atoms with Gasteiger partial charge in [0, 0.05) is 18.7 Å². The van der Waals surface area contributed by atoms with E-state index < -0.39 is 11.2 Å². The molecule has 1 saturated heterocycles. The Morgan fingerprint density at radius 2 is 1.68 bits per heavy atom. The fourth-order valence-electron chi connectivity index (χ4n) is 3.67. The van der Waals surface area contributed by atoms with E-state index in [-0.39, 0.29) is 23.8 Å². The first kappa shape index (κ1) is 25.5. The molecule has 180 valence electrons. The lowest BCUT2D eigenvalue weighted by Gasteiger charge is -2.16. The zero-order valence-electron chi connectivity index (χ0n) is 19.4. The number of aromatic carboxylic acids is 1. The zero-order valence-corrected chi connectivity index (χ0v) is 20.2. The van der Waals surface area contributed by atoms with Gasteiger partial charge in [-0.3, -0.25) is 14.5 Å². The first-order valence-electron chi connectivity index (χ1n) is 11.7. The molecule has 2 N–H and O–H groups in total. The third-order valence-corrected chi connectivity index (χ3v) is 6.70. The van der Waals surface area contributed by atoms with Crippen molar-refractivity contribution in [2.75, 3.05) is 11.9 Å². The van der Waals surface area contributed by atoms with Gasteiger partial charge in [-0.25, -0.2) is 9.79 Å². The predicted octanol–water partition coefficient (Wildman–Crippen LogP) is 5.71. The molecule has 2 aromatic carbocycles. The van der Waals surface area contributed by atoms with Crippen molar-refractivity contribution in [2.24, 2.45) is 4.99 Å². The molecule has 1 aliphatic rings. The number of unbranched alkanes of at least 4 members (excludes halogenated alkanes) is 5. The maximum absolute atomic E-state index is 13.2. The number of nitrogens with zero attached hydrogens (tertiary/aromatic N) is 2. The van der Waals surface area contributed by atoms with Crippen molar-refractivity contribution in [3.8, 4) is 0 Å². The largest absolute Gasteiger partial charge is 0.478 e. The number of carboxylic acids is 1. The lowest BCUT2D eigenvalue weighted by Crippen LogP contribution is -2.34. The van der Waals surface area contributed by atoms with Crippen LogP contribution in [0.25, 0.3) is 0 Å². The number of hydrogen-bond donors (Lipinski definition) is 2. The van der Waals surface area contributed by atoms with E-state index >= 15 is 0 Å². The molecule has 2 amide bonds. The van der Waals surface area contributed by atoms with Crippen LogP contribution in [0.2, 0.25) is 0 Å². The molecule has 0 bridgehead atoms. The number of benzene rings is 2. The van der Waals surface area contributed by atoms with Crippen LogP contribution in [0.3, 0.4) is 0 Å². The first-order chi connectivity index (χ1) is 16.5. The quantitative estimate of drug-likeness (QED) is 0.379. The smallest absolute Gasteiger partial charge is 0.335 e. The van der Waals surface area contributed by atoms with E-state index in [1.165, 1.54) is 55.3 Å². The van der Waals surface area contributed by atoms with E-state index in [0.29, 0.717) is 17.4 Å². The Morgan fingerprint density at radius 1 is 1.00 bits per heavy atom. The lowest BCUT2D eigenvalue weighted by molar-refractivity contribution is -0.128. The standard InChI is InChI=1S/C26H31N3O4S/c1-2-3-4-5-6-10-17-29-24(31)22(34-26(29)28-20-11-8-7-9-12-20)18-23(30)27-21-15-13-19(14-16-21)25(32)33/h7-9,11-16,22H,2-6,10,17-18H2,1H3,(H,27,30)(H,32,33). The Hall–Kier alpha value is -3.13. The summed E-state index contributed by atoms with van der Waals surface area (Å²) in [7, 11) is 0. The maximum atomic E-state index is 13.2. The van der Waals surface area contributed by atoms with Crippen molar-refractivity contribution in [1.82, 2.24) is 4.90 Å². The number of nitrogens with one attached hydrogen (secondary N) is 1. The molecule has 1 aliphatic heterocycles. The second-order valence-electron chi connectivity index (χ2n) is 8.23. The van der Waals surface area contributed by atoms with Crippen LogP contribution in [0.1, 0.15) is 62.2 Å². The summed E-state index contributed by atoms with van der Waals surface area (Å²) >= 11 is 1.33. The van der Waals surface area contributed by atoms with Gasteiger partial charge >= 0.3 is 5.97 Å². The average Bonchev–Trinajstić information content (AvgIpc) is 3.10. The van der Waals surface area contributed by atoms with Gasteiger partial charge < -0.3 is 10.4 Å². The van der Waals surface area contributed by atoms with Gasteiger partial charge in [0.2, 0.25) is 11.8 Å². The Morgan fingerprint density at radius 3 is 2.35 bits per heavy atom. The summed E-state index contributed by atoms with van der Waals surface area (Å²) in [6.45, 7) is 2.78. The number of anilines is 1. The second-order valence-corrected chi connectivity index (χ2v) is 9.40. The van der Waals surface area contributed by atoms with Crippen LogP contribution < -0.4 is 5.32 Å². The van der Waals surface area contributed by atoms with Gasteiger partial charge in [-0.05, 0) is 42.8 Å². The lowest BCUT2D eigenvalue weighted by atomic mass is 10.1. The zero-order chi connectivity index (χ0) is 24.3. The first-order valence-corrected chi connectivity index (χ1v) is 12.6. The van der Waals surface area contributed by atoms with E-state index in [9.17, 15) is 14.4 Å². The molecule has 0 radical (unpaired) electrons. The molecule has 0 spiro atoms. The summed E-state index contributed by atoms with van der Waals surface area (Å²) in [5, 5.41) is 11.8. The molecular weight excluding hydrogens is 450 g/mol. The number of hydrogen-bond acceptors (Lipinski definition) is 5. The summed E-state index contributed by atoms with van der Waals surface area (Å²) in [6, 6.07) is 15.4. The Balaban J connectivity index is 1.63. The highest BCUT2D eigenvalue weighted by molar-refractivity contribution is 8.15. The van der Waals surface area contributed by atoms with Crippen molar-refractivity contribution < 1.29 is 19.5 Å². The summed E-state index contributed by atoms with van der Waals surface area (Å²) < 4.78 is 0. The molecule has 1 unspecified atom stereocenters. The highest BCUT2D eigenvalue weighted by Gasteiger charge is 2.38. The van der Waals surface area contributed by atoms with Gasteiger partial charge in [-0.2, -0.15) is 0 Å². The number of carbonyl (C=O) groups is 3. The summed E-state index contributed by atoms with van der Waals surface area (Å²) in [5.74, 6) is -1.42. The predicted molar refractivity (Wildman–Crippen MR) is 137 cm³/mol. The third-order valence-electron chi connectivity index (χ3n) is 5.52. The minimum Gasteiger partial charge on any atom is -0.478 e. The van der Waals surface area contributed by atoms with Gasteiger partial charge in [0.25, 0.3) is 0 Å². The van der Waals surface area contributed by atoms with Crippen molar-refractivity contribution in [3.63, 3.8) is 0 Å². The molecular formula is C26H31N3O4S. The number of amidine groups is 1. The van der Waals surface area contributed by atoms with Crippen molar-refractivity contribution in [2.45, 2.75) is 57.1 Å². The van der Waals surface area contributed by atoms with Gasteiger partial charge in [0.15, 0.2) is 5.17 Å². The van der Waals surface area contributed by atoms with E-state index in [4.69, 9.17) is 5.11 Å². The Labute approximate surface area is 204 Å². The molecule has 1 atom stereocenters. The van der Waals surface area contributed by atoms with Crippen molar-refractivity contribution >= 4 is 46.1 Å². The second kappa shape index (κ2) is 12.9. The van der Waals surface area contributed by atoms with E-state index in [2.05, 4.69) is 17.2 Å². The molecule has 8 heteroatoms. The maximum Gasteiger partial charge on any atom is 0.335 e. The number of rotatable bonds is 12. The number of carbonyl (C=O) groups excluding carboxylic acids is 2. The van der Waals surface area contributed by atoms with Crippen LogP contribution in [-0.2, 0) is 9.59 Å². The minimum atomic E-state index is -1.03. The van der Waals surface area contributed by atoms with Crippen molar-refractivity contribution in [1.29, 1.82) is 0 Å². The van der Waals surface area contributed by atoms with Gasteiger partial charge in [0.1, 0.15) is 5.25 Å². The third kappa shape index (κ3) is 7.45. The highest BCUT2D eigenvalue weighted by atomic mass is 32.2. The molecule has 0 aromatic heterocycles. The number of carboxylic acid groups (broad SMARTS) is 1. The minimum absolute atomic E-state index is 0.0188. The molecule has 1 fully saturated rings. The van der Waals surface area contributed by atoms with Crippen LogP contribution in [0, 0.1) is 0 Å². The summed E-state index contributed by atoms with van der Waals surface area (Å²) in [5.41, 5.74) is 1.41. The molecule has 1 heterocycles. The van der Waals surface area contributed by atoms with E-state index in [0.717, 1.165) is 24.9 Å². The average molecular weight is 482 g/mol. The Kier molecular flexibility index (Phi) is 9.70. The number of thioether (sulfide) groups is 1. The molecule has 7 nitrogen and oxygen atoms in total. The highest BCUT2D eigenvalue weighted by Crippen LogP contribution is 2.32. The molecule has 34 heavy (non-hydrogen) atoms. The topological polar surface area (TPSA) is 99.1 Å². The van der Waals surface area contributed by atoms with Crippen LogP contribution in [0.15, 0.2) is 59.6 Å². The van der Waals surface area contributed by atoms with Crippen LogP contribution in [0.4, 0.5) is 11.4 Å². The Bertz CT molecular complexity index is 1010. The molecule has 3 rings (SSSR count). The number of aliphatic imine (C=N–C) groups is 1. The van der Waals surface area contributed by atoms with Crippen LogP contribution in [0.5, 0.6) is 0 Å².